The van der Waals surface area contributed by atoms with E-state index < -0.39 is 23.6 Å². The summed E-state index contributed by atoms with van der Waals surface area (Å²) in [5.74, 6) is -1.37. The van der Waals surface area contributed by atoms with Crippen LogP contribution in [-0.4, -0.2) is 10.8 Å². The number of rotatable bonds is 3. The number of halogens is 3. The Morgan fingerprint density at radius 2 is 1.72 bits per heavy atom. The zero-order chi connectivity index (χ0) is 13.1. The van der Waals surface area contributed by atoms with Crippen molar-refractivity contribution in [1.82, 2.24) is 4.98 Å². The normalized spacial score (nSPS) is 10.7. The average Bonchev–Trinajstić information content (AvgIpc) is 2.38. The molecule has 0 radical (unpaired) electrons. The lowest BCUT2D eigenvalue weighted by molar-refractivity contribution is 0.103. The van der Waals surface area contributed by atoms with Crippen molar-refractivity contribution in [3.8, 4) is 0 Å². The number of carbonyl (C=O) groups is 1. The van der Waals surface area contributed by atoms with Gasteiger partial charge in [-0.2, -0.15) is 0 Å². The fourth-order valence-corrected chi connectivity index (χ4v) is 1.54. The lowest BCUT2D eigenvalue weighted by Gasteiger charge is -2.05. The van der Waals surface area contributed by atoms with E-state index in [1.165, 1.54) is 24.5 Å². The van der Waals surface area contributed by atoms with Gasteiger partial charge in [0.1, 0.15) is 5.82 Å². The molecule has 18 heavy (non-hydrogen) atoms. The van der Waals surface area contributed by atoms with Gasteiger partial charge in [-0.25, -0.2) is 13.2 Å². The Kier molecular flexibility index (Phi) is 3.41. The first-order chi connectivity index (χ1) is 8.58. The summed E-state index contributed by atoms with van der Waals surface area (Å²) in [5.41, 5.74) is -0.334. The molecule has 2 aromatic rings. The Morgan fingerprint density at radius 3 is 2.33 bits per heavy atom. The highest BCUT2D eigenvalue weighted by molar-refractivity contribution is 6.08. The predicted molar refractivity (Wildman–Crippen MR) is 59.0 cm³/mol. The summed E-state index contributed by atoms with van der Waals surface area (Å²) in [6.45, 7) is 0. The Hall–Kier alpha value is -2.17. The third-order valence-corrected chi connectivity index (χ3v) is 2.38. The van der Waals surface area contributed by atoms with E-state index in [1.54, 1.807) is 0 Å². The summed E-state index contributed by atoms with van der Waals surface area (Å²) in [6.07, 6.45) is -0.00845. The van der Waals surface area contributed by atoms with Gasteiger partial charge in [0, 0.05) is 29.1 Å². The summed E-state index contributed by atoms with van der Waals surface area (Å²) in [7, 11) is 0. The van der Waals surface area contributed by atoms with Crippen LogP contribution in [0.5, 0.6) is 0 Å². The molecule has 0 atom stereocenters. The molecule has 0 aliphatic heterocycles. The van der Waals surface area contributed by atoms with Crippen LogP contribution in [0.3, 0.4) is 0 Å². The molecule has 92 valence electrons. The maximum atomic E-state index is 13.2. The van der Waals surface area contributed by atoms with E-state index in [4.69, 9.17) is 0 Å². The third-order valence-electron chi connectivity index (χ3n) is 2.38. The van der Waals surface area contributed by atoms with Crippen LogP contribution in [0.15, 0.2) is 42.7 Å². The Balaban J connectivity index is 2.42. The van der Waals surface area contributed by atoms with Gasteiger partial charge < -0.3 is 0 Å². The van der Waals surface area contributed by atoms with Crippen LogP contribution in [0.25, 0.3) is 0 Å². The first-order valence-corrected chi connectivity index (χ1v) is 5.11. The zero-order valence-corrected chi connectivity index (χ0v) is 9.11. The van der Waals surface area contributed by atoms with Crippen LogP contribution in [0, 0.1) is 5.82 Å². The smallest absolute Gasteiger partial charge is 0.263 e. The summed E-state index contributed by atoms with van der Waals surface area (Å²) in [6, 6.07) is 5.53. The third kappa shape index (κ3) is 2.56. The summed E-state index contributed by atoms with van der Waals surface area (Å²) < 4.78 is 38.2. The predicted octanol–water partition coefficient (Wildman–Crippen LogP) is 3.39. The molecule has 0 unspecified atom stereocenters. The number of ketones is 1. The van der Waals surface area contributed by atoms with Crippen molar-refractivity contribution >= 4 is 5.78 Å². The molecule has 0 saturated heterocycles. The molecule has 1 aromatic heterocycles. The van der Waals surface area contributed by atoms with Crippen molar-refractivity contribution in [2.45, 2.75) is 6.43 Å². The Morgan fingerprint density at radius 1 is 1.06 bits per heavy atom. The van der Waals surface area contributed by atoms with Crippen molar-refractivity contribution in [2.24, 2.45) is 0 Å². The maximum absolute atomic E-state index is 13.2. The van der Waals surface area contributed by atoms with Gasteiger partial charge in [-0.15, -0.1) is 0 Å². The molecule has 5 heteroatoms. The van der Waals surface area contributed by atoms with Crippen LogP contribution in [0.1, 0.15) is 27.9 Å². The van der Waals surface area contributed by atoms with Crippen LogP contribution in [0.2, 0.25) is 0 Å². The van der Waals surface area contributed by atoms with Crippen LogP contribution in [-0.2, 0) is 0 Å². The molecule has 1 aromatic carbocycles. The van der Waals surface area contributed by atoms with Crippen molar-refractivity contribution in [1.29, 1.82) is 0 Å². The fraction of sp³-hybridized carbons (Fsp3) is 0.0769. The number of benzene rings is 1. The molecule has 2 rings (SSSR count). The van der Waals surface area contributed by atoms with Crippen molar-refractivity contribution < 1.29 is 18.0 Å². The summed E-state index contributed by atoms with van der Waals surface area (Å²) in [4.78, 5) is 15.7. The minimum Gasteiger partial charge on any atom is -0.289 e. The van der Waals surface area contributed by atoms with Gasteiger partial charge in [0.15, 0.2) is 5.78 Å². The van der Waals surface area contributed by atoms with Crippen molar-refractivity contribution in [3.05, 3.63) is 65.2 Å². The largest absolute Gasteiger partial charge is 0.289 e. The van der Waals surface area contributed by atoms with E-state index in [2.05, 4.69) is 4.98 Å². The highest BCUT2D eigenvalue weighted by atomic mass is 19.3. The number of hydrogen-bond donors (Lipinski definition) is 0. The van der Waals surface area contributed by atoms with Gasteiger partial charge in [-0.1, -0.05) is 0 Å². The maximum Gasteiger partial charge on any atom is 0.263 e. The van der Waals surface area contributed by atoms with Gasteiger partial charge in [-0.3, -0.25) is 9.78 Å². The quantitative estimate of drug-likeness (QED) is 0.782. The second-order valence-corrected chi connectivity index (χ2v) is 3.64. The molecular formula is C13H8F3NO. The monoisotopic (exact) mass is 251 g/mol. The molecule has 0 amide bonds. The van der Waals surface area contributed by atoms with E-state index in [1.807, 2.05) is 0 Å². The molecule has 0 spiro atoms. The molecular weight excluding hydrogens is 243 g/mol. The molecule has 0 aliphatic rings. The van der Waals surface area contributed by atoms with Gasteiger partial charge in [0.05, 0.1) is 0 Å². The SMILES string of the molecule is O=C(c1ccncc1)c1cc(F)cc(C(F)F)c1. The van der Waals surface area contributed by atoms with E-state index in [-0.39, 0.29) is 11.1 Å². The average molecular weight is 251 g/mol. The van der Waals surface area contributed by atoms with Crippen LogP contribution in [0.4, 0.5) is 13.2 Å². The zero-order valence-electron chi connectivity index (χ0n) is 9.11. The minimum atomic E-state index is -2.82. The van der Waals surface area contributed by atoms with Crippen molar-refractivity contribution in [2.75, 3.05) is 0 Å². The van der Waals surface area contributed by atoms with Gasteiger partial charge in [-0.05, 0) is 30.3 Å². The van der Waals surface area contributed by atoms with E-state index >= 15 is 0 Å². The van der Waals surface area contributed by atoms with Crippen molar-refractivity contribution in [3.63, 3.8) is 0 Å². The highest BCUT2D eigenvalue weighted by Gasteiger charge is 2.15. The minimum absolute atomic E-state index is 0.100. The Labute approximate surface area is 101 Å². The van der Waals surface area contributed by atoms with Crippen LogP contribution >= 0.6 is 0 Å². The lowest BCUT2D eigenvalue weighted by atomic mass is 10.0. The number of aromatic nitrogens is 1. The fourth-order valence-electron chi connectivity index (χ4n) is 1.54. The molecule has 0 bridgehead atoms. The van der Waals surface area contributed by atoms with Crippen LogP contribution < -0.4 is 0 Å². The van der Waals surface area contributed by atoms with E-state index in [9.17, 15) is 18.0 Å². The number of pyridine rings is 1. The Bertz CT molecular complexity index is 570. The molecule has 0 aliphatic carbocycles. The standard InChI is InChI=1S/C13H8F3NO/c14-11-6-9(5-10(7-11)13(15)16)12(18)8-1-3-17-4-2-8/h1-7,13H. The molecule has 0 fully saturated rings. The lowest BCUT2D eigenvalue weighted by Crippen LogP contribution is -2.03. The number of carbonyl (C=O) groups excluding carboxylic acids is 1. The molecule has 0 saturated carbocycles. The van der Waals surface area contributed by atoms with Gasteiger partial charge in [0.25, 0.3) is 6.43 Å². The molecule has 0 N–H and O–H groups in total. The highest BCUT2D eigenvalue weighted by Crippen LogP contribution is 2.22. The molecule has 1 heterocycles. The second-order valence-electron chi connectivity index (χ2n) is 3.64. The summed E-state index contributed by atoms with van der Waals surface area (Å²) >= 11 is 0. The first kappa shape index (κ1) is 12.3. The van der Waals surface area contributed by atoms with E-state index in [0.717, 1.165) is 12.1 Å². The number of hydrogen-bond acceptors (Lipinski definition) is 2. The second kappa shape index (κ2) is 5.00. The molecule has 2 nitrogen and oxygen atoms in total. The van der Waals surface area contributed by atoms with E-state index in [0.29, 0.717) is 6.07 Å². The topological polar surface area (TPSA) is 30.0 Å². The van der Waals surface area contributed by atoms with Gasteiger partial charge >= 0.3 is 0 Å². The number of nitrogens with zero attached hydrogens (tertiary/aromatic N) is 1. The summed E-state index contributed by atoms with van der Waals surface area (Å²) in [5, 5.41) is 0. The van der Waals surface area contributed by atoms with Gasteiger partial charge in [0.2, 0.25) is 0 Å². The number of alkyl halides is 2. The first-order valence-electron chi connectivity index (χ1n) is 5.11.